The lowest BCUT2D eigenvalue weighted by atomic mass is 10.1. The molecule has 0 saturated heterocycles. The summed E-state index contributed by atoms with van der Waals surface area (Å²) >= 11 is 5.25. The molecule has 0 aliphatic rings. The average molecular weight is 367 g/mol. The maximum Gasteiger partial charge on any atom is 0.0701 e. The molecule has 1 N–H and O–H groups in total. The summed E-state index contributed by atoms with van der Waals surface area (Å²) in [6, 6.07) is 11.0. The Morgan fingerprint density at radius 1 is 1.19 bits per heavy atom. The van der Waals surface area contributed by atoms with E-state index >= 15 is 0 Å². The second-order valence-electron chi connectivity index (χ2n) is 5.81. The van der Waals surface area contributed by atoms with Crippen molar-refractivity contribution in [3.8, 4) is 0 Å². The first kappa shape index (κ1) is 16.5. The third-order valence-electron chi connectivity index (χ3n) is 3.30. The smallest absolute Gasteiger partial charge is 0.0701 e. The van der Waals surface area contributed by atoms with Crippen LogP contribution >= 0.6 is 27.3 Å². The average Bonchev–Trinajstić information content (AvgIpc) is 2.84. The molecule has 114 valence electrons. The topological polar surface area (TPSA) is 15.3 Å². The summed E-state index contributed by atoms with van der Waals surface area (Å²) in [7, 11) is 2.14. The van der Waals surface area contributed by atoms with Crippen LogP contribution in [-0.2, 0) is 13.1 Å². The molecule has 0 unspecified atom stereocenters. The van der Waals surface area contributed by atoms with Crippen LogP contribution in [-0.4, -0.2) is 13.6 Å². The van der Waals surface area contributed by atoms with E-state index in [0.717, 1.165) is 19.6 Å². The lowest BCUT2D eigenvalue weighted by Gasteiger charge is -2.19. The van der Waals surface area contributed by atoms with Crippen molar-refractivity contribution in [3.63, 3.8) is 0 Å². The molecular formula is C17H23BrN2S. The van der Waals surface area contributed by atoms with Crippen LogP contribution in [0.25, 0.3) is 0 Å². The molecule has 0 fully saturated rings. The van der Waals surface area contributed by atoms with E-state index < -0.39 is 0 Å². The SMILES string of the molecule is CC(C)CNCc1ccc(N(C)Cc2csc(Br)c2)cc1. The molecule has 1 heterocycles. The molecule has 21 heavy (non-hydrogen) atoms. The summed E-state index contributed by atoms with van der Waals surface area (Å²) < 4.78 is 1.19. The van der Waals surface area contributed by atoms with Crippen LogP contribution in [0.5, 0.6) is 0 Å². The predicted molar refractivity (Wildman–Crippen MR) is 97.1 cm³/mol. The van der Waals surface area contributed by atoms with Crippen LogP contribution in [0.1, 0.15) is 25.0 Å². The van der Waals surface area contributed by atoms with Crippen LogP contribution in [0.15, 0.2) is 39.5 Å². The van der Waals surface area contributed by atoms with Gasteiger partial charge in [0.2, 0.25) is 0 Å². The van der Waals surface area contributed by atoms with Gasteiger partial charge in [0.15, 0.2) is 0 Å². The molecule has 0 atom stereocenters. The fourth-order valence-corrected chi connectivity index (χ4v) is 3.37. The van der Waals surface area contributed by atoms with E-state index in [4.69, 9.17) is 0 Å². The molecular weight excluding hydrogens is 344 g/mol. The monoisotopic (exact) mass is 366 g/mol. The first-order valence-electron chi connectivity index (χ1n) is 7.28. The predicted octanol–water partition coefficient (Wildman–Crippen LogP) is 4.89. The molecule has 1 aromatic carbocycles. The van der Waals surface area contributed by atoms with Crippen LogP contribution < -0.4 is 10.2 Å². The minimum absolute atomic E-state index is 0.695. The van der Waals surface area contributed by atoms with Gasteiger partial charge in [-0.1, -0.05) is 26.0 Å². The summed E-state index contributed by atoms with van der Waals surface area (Å²) in [5, 5.41) is 5.67. The van der Waals surface area contributed by atoms with Gasteiger partial charge in [-0.2, -0.15) is 0 Å². The van der Waals surface area contributed by atoms with Gasteiger partial charge >= 0.3 is 0 Å². The summed E-state index contributed by atoms with van der Waals surface area (Å²) in [6.07, 6.45) is 0. The maximum atomic E-state index is 3.51. The number of hydrogen-bond acceptors (Lipinski definition) is 3. The molecule has 4 heteroatoms. The maximum absolute atomic E-state index is 3.51. The lowest BCUT2D eigenvalue weighted by molar-refractivity contribution is 0.552. The molecule has 0 amide bonds. The van der Waals surface area contributed by atoms with Crippen molar-refractivity contribution in [2.45, 2.75) is 26.9 Å². The Morgan fingerprint density at radius 3 is 2.48 bits per heavy atom. The molecule has 0 aliphatic heterocycles. The summed E-state index contributed by atoms with van der Waals surface area (Å²) in [4.78, 5) is 2.28. The van der Waals surface area contributed by atoms with Gasteiger partial charge in [-0.25, -0.2) is 0 Å². The highest BCUT2D eigenvalue weighted by Crippen LogP contribution is 2.23. The van der Waals surface area contributed by atoms with Crippen LogP contribution in [0, 0.1) is 5.92 Å². The normalized spacial score (nSPS) is 11.1. The van der Waals surface area contributed by atoms with E-state index in [1.165, 1.54) is 20.6 Å². The standard InChI is InChI=1S/C17H23BrN2S/c1-13(2)9-19-10-14-4-6-16(7-5-14)20(3)11-15-8-17(18)21-12-15/h4-8,12-13,19H,9-11H2,1-3H3. The van der Waals surface area contributed by atoms with Gasteiger partial charge in [0.25, 0.3) is 0 Å². The number of nitrogens with zero attached hydrogens (tertiary/aromatic N) is 1. The van der Waals surface area contributed by atoms with Gasteiger partial charge in [-0.3, -0.25) is 0 Å². The molecule has 0 bridgehead atoms. The Kier molecular flexibility index (Phi) is 6.27. The minimum atomic E-state index is 0.695. The van der Waals surface area contributed by atoms with Gasteiger partial charge in [0.1, 0.15) is 0 Å². The number of benzene rings is 1. The van der Waals surface area contributed by atoms with E-state index in [-0.39, 0.29) is 0 Å². The third kappa shape index (κ3) is 5.46. The second-order valence-corrected chi connectivity index (χ2v) is 8.10. The van der Waals surface area contributed by atoms with Crippen LogP contribution in [0.2, 0.25) is 0 Å². The van der Waals surface area contributed by atoms with Crippen molar-refractivity contribution >= 4 is 33.0 Å². The van der Waals surface area contributed by atoms with Gasteiger partial charge in [0, 0.05) is 25.8 Å². The highest BCUT2D eigenvalue weighted by Gasteiger charge is 2.04. The van der Waals surface area contributed by atoms with Crippen molar-refractivity contribution in [1.29, 1.82) is 0 Å². The van der Waals surface area contributed by atoms with E-state index in [0.29, 0.717) is 5.92 Å². The van der Waals surface area contributed by atoms with E-state index in [2.05, 4.69) is 82.8 Å². The Bertz CT molecular complexity index is 548. The first-order chi connectivity index (χ1) is 10.0. The molecule has 0 saturated carbocycles. The Morgan fingerprint density at radius 2 is 1.90 bits per heavy atom. The number of rotatable bonds is 7. The highest BCUT2D eigenvalue weighted by atomic mass is 79.9. The second kappa shape index (κ2) is 7.97. The Hall–Kier alpha value is -0.840. The molecule has 0 spiro atoms. The van der Waals surface area contributed by atoms with Crippen LogP contribution in [0.4, 0.5) is 5.69 Å². The number of nitrogens with one attached hydrogen (secondary N) is 1. The van der Waals surface area contributed by atoms with Crippen molar-refractivity contribution < 1.29 is 0 Å². The summed E-state index contributed by atoms with van der Waals surface area (Å²) in [5.74, 6) is 0.695. The number of halogens is 1. The molecule has 0 radical (unpaired) electrons. The third-order valence-corrected chi connectivity index (χ3v) is 4.85. The molecule has 1 aromatic heterocycles. The quantitative estimate of drug-likeness (QED) is 0.749. The molecule has 2 rings (SSSR count). The van der Waals surface area contributed by atoms with Crippen molar-refractivity contribution in [3.05, 3.63) is 50.6 Å². The van der Waals surface area contributed by atoms with Gasteiger partial charge in [-0.15, -0.1) is 11.3 Å². The molecule has 2 nitrogen and oxygen atoms in total. The zero-order valence-corrected chi connectivity index (χ0v) is 15.3. The lowest BCUT2D eigenvalue weighted by Crippen LogP contribution is -2.19. The van der Waals surface area contributed by atoms with Crippen molar-refractivity contribution in [2.75, 3.05) is 18.5 Å². The minimum Gasteiger partial charge on any atom is -0.370 e. The zero-order valence-electron chi connectivity index (χ0n) is 12.9. The van der Waals surface area contributed by atoms with Gasteiger partial charge in [0.05, 0.1) is 3.79 Å². The number of anilines is 1. The van der Waals surface area contributed by atoms with Gasteiger partial charge in [-0.05, 0) is 63.1 Å². The molecule has 2 aromatic rings. The zero-order chi connectivity index (χ0) is 15.2. The summed E-state index contributed by atoms with van der Waals surface area (Å²) in [5.41, 5.74) is 3.94. The Balaban J connectivity index is 1.88. The van der Waals surface area contributed by atoms with Gasteiger partial charge < -0.3 is 10.2 Å². The van der Waals surface area contributed by atoms with Crippen LogP contribution in [0.3, 0.4) is 0 Å². The Labute approximate surface area is 140 Å². The number of thiophene rings is 1. The fourth-order valence-electron chi connectivity index (χ4n) is 2.17. The number of hydrogen-bond donors (Lipinski definition) is 1. The fraction of sp³-hybridized carbons (Fsp3) is 0.412. The van der Waals surface area contributed by atoms with E-state index in [1.807, 2.05) is 0 Å². The van der Waals surface area contributed by atoms with E-state index in [9.17, 15) is 0 Å². The van der Waals surface area contributed by atoms with Crippen molar-refractivity contribution in [2.24, 2.45) is 5.92 Å². The van der Waals surface area contributed by atoms with E-state index in [1.54, 1.807) is 11.3 Å². The van der Waals surface area contributed by atoms with Crippen molar-refractivity contribution in [1.82, 2.24) is 5.32 Å². The largest absolute Gasteiger partial charge is 0.370 e. The first-order valence-corrected chi connectivity index (χ1v) is 8.95. The highest BCUT2D eigenvalue weighted by molar-refractivity contribution is 9.11. The molecule has 0 aliphatic carbocycles. The summed E-state index contributed by atoms with van der Waals surface area (Å²) in [6.45, 7) is 7.41.